The third kappa shape index (κ3) is 1.12. The van der Waals surface area contributed by atoms with Crippen molar-refractivity contribution in [1.29, 1.82) is 0 Å². The van der Waals surface area contributed by atoms with Crippen molar-refractivity contribution in [3.8, 4) is 0 Å². The van der Waals surface area contributed by atoms with Gasteiger partial charge in [-0.05, 0) is 19.9 Å². The second-order valence-corrected chi connectivity index (χ2v) is 3.07. The fourth-order valence-electron chi connectivity index (χ4n) is 1.13. The van der Waals surface area contributed by atoms with Crippen LogP contribution in [0.5, 0.6) is 0 Å². The Bertz CT molecular complexity index is 483. The molecule has 0 atom stereocenters. The van der Waals surface area contributed by atoms with E-state index in [-0.39, 0.29) is 11.6 Å². The molecule has 2 aromatic rings. The zero-order chi connectivity index (χ0) is 9.42. The summed E-state index contributed by atoms with van der Waals surface area (Å²) >= 11 is 0. The number of nitrogens with zero attached hydrogens (tertiary/aromatic N) is 3. The molecule has 0 N–H and O–H groups in total. The molecule has 5 heteroatoms. The van der Waals surface area contributed by atoms with E-state index in [1.807, 2.05) is 13.8 Å². The molecule has 0 saturated carbocycles. The van der Waals surface area contributed by atoms with E-state index in [0.29, 0.717) is 11.1 Å². The van der Waals surface area contributed by atoms with Gasteiger partial charge in [-0.1, -0.05) is 10.3 Å². The fourth-order valence-corrected chi connectivity index (χ4v) is 1.13. The number of rotatable bonds is 1. The van der Waals surface area contributed by atoms with Gasteiger partial charge in [0.15, 0.2) is 0 Å². The molecule has 0 saturated heterocycles. The molecular formula is C8H9N3O2. The van der Waals surface area contributed by atoms with E-state index < -0.39 is 0 Å². The Hall–Kier alpha value is -1.65. The molecule has 0 radical (unpaired) electrons. The van der Waals surface area contributed by atoms with E-state index in [4.69, 9.17) is 4.42 Å². The highest BCUT2D eigenvalue weighted by Crippen LogP contribution is 2.06. The van der Waals surface area contributed by atoms with Crippen LogP contribution in [0.2, 0.25) is 0 Å². The molecule has 5 nitrogen and oxygen atoms in total. The second kappa shape index (κ2) is 2.69. The van der Waals surface area contributed by atoms with Gasteiger partial charge in [-0.3, -0.25) is 4.79 Å². The van der Waals surface area contributed by atoms with Crippen molar-refractivity contribution in [2.24, 2.45) is 0 Å². The van der Waals surface area contributed by atoms with Crippen LogP contribution in [0, 0.1) is 0 Å². The molecule has 0 aromatic carbocycles. The Balaban J connectivity index is 2.81. The molecule has 2 aromatic heterocycles. The number of hydrogen-bond donors (Lipinski definition) is 0. The van der Waals surface area contributed by atoms with Crippen LogP contribution in [0.3, 0.4) is 0 Å². The van der Waals surface area contributed by atoms with Crippen LogP contribution in [0.1, 0.15) is 19.9 Å². The minimum Gasteiger partial charge on any atom is -0.445 e. The second-order valence-electron chi connectivity index (χ2n) is 3.07. The van der Waals surface area contributed by atoms with Crippen LogP contribution in [0.4, 0.5) is 0 Å². The van der Waals surface area contributed by atoms with Crippen LogP contribution in [-0.4, -0.2) is 15.0 Å². The van der Waals surface area contributed by atoms with Crippen LogP contribution in [0.25, 0.3) is 11.1 Å². The zero-order valence-electron chi connectivity index (χ0n) is 7.39. The molecule has 0 aliphatic carbocycles. The predicted molar refractivity (Wildman–Crippen MR) is 46.4 cm³/mol. The van der Waals surface area contributed by atoms with E-state index in [2.05, 4.69) is 10.3 Å². The lowest BCUT2D eigenvalue weighted by Gasteiger charge is -2.04. The van der Waals surface area contributed by atoms with Gasteiger partial charge in [0.25, 0.3) is 11.3 Å². The van der Waals surface area contributed by atoms with E-state index >= 15 is 0 Å². The smallest absolute Gasteiger partial charge is 0.281 e. The van der Waals surface area contributed by atoms with Gasteiger partial charge in [-0.2, -0.15) is 0 Å². The Morgan fingerprint density at radius 2 is 2.31 bits per heavy atom. The highest BCUT2D eigenvalue weighted by molar-refractivity contribution is 5.70. The van der Waals surface area contributed by atoms with E-state index in [0.717, 1.165) is 0 Å². The molecule has 0 amide bonds. The normalized spacial score (nSPS) is 11.3. The molecule has 0 unspecified atom stereocenters. The Labute approximate surface area is 74.0 Å². The molecule has 0 bridgehead atoms. The molecule has 0 aliphatic heterocycles. The number of hydrogen-bond acceptors (Lipinski definition) is 4. The maximum Gasteiger partial charge on any atom is 0.281 e. The Morgan fingerprint density at radius 3 is 3.00 bits per heavy atom. The zero-order valence-corrected chi connectivity index (χ0v) is 7.39. The molecule has 13 heavy (non-hydrogen) atoms. The van der Waals surface area contributed by atoms with Gasteiger partial charge < -0.3 is 4.42 Å². The van der Waals surface area contributed by atoms with E-state index in [1.54, 1.807) is 6.07 Å². The number of fused-ring (bicyclic) bond motifs is 1. The van der Waals surface area contributed by atoms with Gasteiger partial charge in [-0.15, -0.1) is 0 Å². The highest BCUT2D eigenvalue weighted by atomic mass is 16.3. The summed E-state index contributed by atoms with van der Waals surface area (Å²) in [6.45, 7) is 3.75. The summed E-state index contributed by atoms with van der Waals surface area (Å²) in [5.41, 5.74) is 0.135. The maximum absolute atomic E-state index is 11.6. The summed E-state index contributed by atoms with van der Waals surface area (Å²) in [6.07, 6.45) is 1.44. The average molecular weight is 179 g/mol. The van der Waals surface area contributed by atoms with Gasteiger partial charge in [0.05, 0.1) is 12.3 Å². The summed E-state index contributed by atoms with van der Waals surface area (Å²) in [5.74, 6) is 0. The molecule has 2 rings (SSSR count). The first-order valence-corrected chi connectivity index (χ1v) is 4.03. The van der Waals surface area contributed by atoms with E-state index in [1.165, 1.54) is 10.9 Å². The van der Waals surface area contributed by atoms with Crippen molar-refractivity contribution < 1.29 is 4.42 Å². The monoisotopic (exact) mass is 179 g/mol. The van der Waals surface area contributed by atoms with Crippen molar-refractivity contribution in [3.63, 3.8) is 0 Å². The number of furan rings is 1. The fraction of sp³-hybridized carbons (Fsp3) is 0.375. The van der Waals surface area contributed by atoms with Gasteiger partial charge >= 0.3 is 0 Å². The van der Waals surface area contributed by atoms with Crippen molar-refractivity contribution in [2.75, 3.05) is 0 Å². The Morgan fingerprint density at radius 1 is 1.54 bits per heavy atom. The first kappa shape index (κ1) is 7.97. The number of aromatic nitrogens is 3. The van der Waals surface area contributed by atoms with Gasteiger partial charge in [0.2, 0.25) is 0 Å². The third-order valence-electron chi connectivity index (χ3n) is 1.80. The molecular weight excluding hydrogens is 170 g/mol. The largest absolute Gasteiger partial charge is 0.445 e. The van der Waals surface area contributed by atoms with Crippen LogP contribution in [-0.2, 0) is 0 Å². The lowest BCUT2D eigenvalue weighted by Crippen LogP contribution is -2.25. The summed E-state index contributed by atoms with van der Waals surface area (Å²) in [4.78, 5) is 11.6. The lowest BCUT2D eigenvalue weighted by molar-refractivity contribution is 0.472. The first-order chi connectivity index (χ1) is 6.20. The van der Waals surface area contributed by atoms with Gasteiger partial charge in [0, 0.05) is 0 Å². The summed E-state index contributed by atoms with van der Waals surface area (Å²) in [7, 11) is 0. The molecule has 0 aliphatic rings. The summed E-state index contributed by atoms with van der Waals surface area (Å²) in [6, 6.07) is 1.62. The van der Waals surface area contributed by atoms with Crippen molar-refractivity contribution >= 4 is 11.1 Å². The summed E-state index contributed by atoms with van der Waals surface area (Å²) < 4.78 is 6.28. The maximum atomic E-state index is 11.6. The van der Waals surface area contributed by atoms with Crippen molar-refractivity contribution in [1.82, 2.24) is 15.0 Å². The minimum absolute atomic E-state index is 0.0132. The van der Waals surface area contributed by atoms with Crippen LogP contribution < -0.4 is 5.56 Å². The van der Waals surface area contributed by atoms with E-state index in [9.17, 15) is 4.79 Å². The van der Waals surface area contributed by atoms with Crippen LogP contribution >= 0.6 is 0 Å². The Kier molecular flexibility index (Phi) is 1.65. The average Bonchev–Trinajstić information content (AvgIpc) is 2.52. The molecule has 2 heterocycles. The molecule has 0 spiro atoms. The summed E-state index contributed by atoms with van der Waals surface area (Å²) in [5, 5.41) is 7.98. The minimum atomic E-state index is -0.159. The van der Waals surface area contributed by atoms with Crippen LogP contribution in [0.15, 0.2) is 21.5 Å². The molecule has 68 valence electrons. The van der Waals surface area contributed by atoms with Crippen molar-refractivity contribution in [2.45, 2.75) is 19.9 Å². The lowest BCUT2D eigenvalue weighted by atomic mass is 10.4. The quantitative estimate of drug-likeness (QED) is 0.654. The highest BCUT2D eigenvalue weighted by Gasteiger charge is 2.09. The predicted octanol–water partition coefficient (Wildman–Crippen LogP) is 0.965. The van der Waals surface area contributed by atoms with Gasteiger partial charge in [-0.25, -0.2) is 4.68 Å². The standard InChI is InChI=1S/C8H9N3O2/c1-5(2)11-8(12)6-3-4-13-7(6)9-10-11/h3-5H,1-2H3. The molecule has 0 fully saturated rings. The topological polar surface area (TPSA) is 60.9 Å². The van der Waals surface area contributed by atoms with Crippen molar-refractivity contribution in [3.05, 3.63) is 22.7 Å². The third-order valence-corrected chi connectivity index (χ3v) is 1.80. The van der Waals surface area contributed by atoms with Gasteiger partial charge in [0.1, 0.15) is 5.39 Å². The first-order valence-electron chi connectivity index (χ1n) is 4.03. The SMILES string of the molecule is CC(C)n1nnc2occc2c1=O.